The molecule has 1 saturated carbocycles. The maximum Gasteiger partial charge on any atom is 0.246 e. The number of aliphatic imine (C=N–C) groups is 1. The summed E-state index contributed by atoms with van der Waals surface area (Å²) in [7, 11) is 2.59. The van der Waals surface area contributed by atoms with Crippen molar-refractivity contribution in [3.8, 4) is 5.75 Å². The molecular formula is C53H77N13O11S2. The van der Waals surface area contributed by atoms with E-state index < -0.39 is 125 Å². The van der Waals surface area contributed by atoms with Crippen molar-refractivity contribution in [3.05, 3.63) is 65.7 Å². The second kappa shape index (κ2) is 30.9. The van der Waals surface area contributed by atoms with E-state index in [2.05, 4.69) is 42.2 Å². The molecule has 79 heavy (non-hydrogen) atoms. The molecule has 0 radical (unpaired) electrons. The van der Waals surface area contributed by atoms with Gasteiger partial charge in [0, 0.05) is 42.9 Å². The first kappa shape index (κ1) is 62.7. The maximum absolute atomic E-state index is 15.0. The Morgan fingerprint density at radius 2 is 1.41 bits per heavy atom. The van der Waals surface area contributed by atoms with Crippen LogP contribution in [-0.2, 0) is 60.8 Å². The fourth-order valence-electron chi connectivity index (χ4n) is 9.66. The Hall–Kier alpha value is -7.09. The number of nitrogens with one attached hydrogen (secondary N) is 7. The monoisotopic (exact) mass is 1140 g/mol. The van der Waals surface area contributed by atoms with E-state index >= 15 is 0 Å². The number of likely N-dealkylation sites (tertiary alicyclic amines) is 1. The van der Waals surface area contributed by atoms with Crippen LogP contribution in [0.2, 0.25) is 0 Å². The molecule has 1 spiro atoms. The van der Waals surface area contributed by atoms with Gasteiger partial charge in [0.15, 0.2) is 5.96 Å². The van der Waals surface area contributed by atoms with Gasteiger partial charge < -0.3 is 69.8 Å². The molecule has 2 aromatic carbocycles. The fourth-order valence-corrected chi connectivity index (χ4v) is 13.0. The molecule has 15 N–H and O–H groups in total. The van der Waals surface area contributed by atoms with E-state index in [4.69, 9.17) is 27.7 Å². The summed E-state index contributed by atoms with van der Waals surface area (Å²) < 4.78 is 4.92. The van der Waals surface area contributed by atoms with Crippen LogP contribution in [0.25, 0.3) is 0 Å². The van der Waals surface area contributed by atoms with Crippen LogP contribution in [0, 0.1) is 5.92 Å². The number of amides is 10. The number of hydrogen-bond acceptors (Lipinski definition) is 14. The number of guanidine groups is 1. The Labute approximate surface area is 468 Å². The normalized spacial score (nSPS) is 22.9. The zero-order valence-electron chi connectivity index (χ0n) is 45.1. The molecule has 3 fully saturated rings. The van der Waals surface area contributed by atoms with E-state index in [0.29, 0.717) is 42.7 Å². The number of ether oxygens (including phenoxy) is 1. The minimum absolute atomic E-state index is 0.0131. The SMILES string of the molecule is CCOc1ccc(CC2NC(=O)CC3(CCCCC3)SSCC(C(=O)N3CCC[C@H]3C(=O)N[C@@H](CCCN=C(N)N)C(=O)NCC(N)=O)NC(=O)[C@H](CC(N)=O)NC(=O)[C@H](C(C)C)NC(=O)C(Cc3ccccc3)NC2=O)cc1. The van der Waals surface area contributed by atoms with Crippen LogP contribution < -0.4 is 64.9 Å². The van der Waals surface area contributed by atoms with Gasteiger partial charge in [-0.1, -0.05) is 97.2 Å². The average molecular weight is 1140 g/mol. The lowest BCUT2D eigenvalue weighted by molar-refractivity contribution is -0.142. The summed E-state index contributed by atoms with van der Waals surface area (Å²) in [5.41, 5.74) is 23.2. The predicted octanol–water partition coefficient (Wildman–Crippen LogP) is -0.555. The molecule has 2 aliphatic heterocycles. The number of rotatable bonds is 19. The predicted molar refractivity (Wildman–Crippen MR) is 299 cm³/mol. The van der Waals surface area contributed by atoms with Crippen LogP contribution in [0.15, 0.2) is 59.6 Å². The lowest BCUT2D eigenvalue weighted by Crippen LogP contribution is -2.61. The molecule has 5 rings (SSSR count). The van der Waals surface area contributed by atoms with Gasteiger partial charge in [0.05, 0.1) is 19.6 Å². The van der Waals surface area contributed by atoms with Crippen molar-refractivity contribution >= 4 is 86.6 Å². The van der Waals surface area contributed by atoms with Crippen molar-refractivity contribution in [2.45, 2.75) is 151 Å². The summed E-state index contributed by atoms with van der Waals surface area (Å²) in [6.07, 6.45) is 3.75. The zero-order valence-corrected chi connectivity index (χ0v) is 46.7. The van der Waals surface area contributed by atoms with Crippen LogP contribution in [0.5, 0.6) is 5.75 Å². The molecule has 26 heteroatoms. The number of benzene rings is 2. The van der Waals surface area contributed by atoms with Crippen molar-refractivity contribution in [2.24, 2.45) is 33.8 Å². The Kier molecular flexibility index (Phi) is 24.5. The highest BCUT2D eigenvalue weighted by atomic mass is 33.1. The lowest BCUT2D eigenvalue weighted by atomic mass is 9.85. The highest BCUT2D eigenvalue weighted by Gasteiger charge is 2.42. The van der Waals surface area contributed by atoms with E-state index in [1.54, 1.807) is 68.4 Å². The molecule has 2 saturated heterocycles. The minimum atomic E-state index is -1.66. The van der Waals surface area contributed by atoms with E-state index in [9.17, 15) is 47.9 Å². The van der Waals surface area contributed by atoms with Gasteiger partial charge in [-0.25, -0.2) is 0 Å². The molecule has 2 heterocycles. The fraction of sp³-hybridized carbons (Fsp3) is 0.566. The third-order valence-electron chi connectivity index (χ3n) is 13.7. The standard InChI is InChI=1S/C53H77N13O11S2/c1-4-77-34-19-17-33(18-20-34)26-36-46(71)62-37(25-32-13-7-5-8-14-32)48(73)65-44(31(2)3)50(75)63-38(27-41(54)67)47(72)64-39(30-78-79-53(28-43(69)60-36)21-9-6-10-22-53)51(76)66-24-12-16-40(66)49(74)61-35(15-11-23-58-52(56)57)45(70)59-29-42(55)68/h5,7-8,13-14,17-20,31,35-40,44H,4,6,9-12,15-16,21-30H2,1-3H3,(H2,54,67)(H2,55,68)(H,59,70)(H,60,69)(H,61,74)(H,62,71)(H,63,75)(H,64,72)(H,65,73)(H4,56,57,58)/t35-,36?,37?,38-,39?,40-,44-/m0/s1. The Morgan fingerprint density at radius 3 is 2.04 bits per heavy atom. The van der Waals surface area contributed by atoms with Crippen LogP contribution in [0.4, 0.5) is 0 Å². The number of primary amides is 2. The number of carbonyl (C=O) groups excluding carboxylic acids is 10. The minimum Gasteiger partial charge on any atom is -0.494 e. The zero-order chi connectivity index (χ0) is 57.6. The van der Waals surface area contributed by atoms with E-state index in [1.807, 2.05) is 6.92 Å². The summed E-state index contributed by atoms with van der Waals surface area (Å²) >= 11 is 0. The van der Waals surface area contributed by atoms with Gasteiger partial charge in [-0.15, -0.1) is 0 Å². The third-order valence-corrected chi connectivity index (χ3v) is 17.0. The number of hydrogen-bond donors (Lipinski definition) is 11. The van der Waals surface area contributed by atoms with Crippen molar-refractivity contribution in [3.63, 3.8) is 0 Å². The van der Waals surface area contributed by atoms with Gasteiger partial charge in [0.1, 0.15) is 48.0 Å². The summed E-state index contributed by atoms with van der Waals surface area (Å²) in [6.45, 7) is 5.28. The summed E-state index contributed by atoms with van der Waals surface area (Å²) in [6, 6.07) is 6.83. The average Bonchev–Trinajstić information content (AvgIpc) is 3.91. The second-order valence-electron chi connectivity index (χ2n) is 20.3. The smallest absolute Gasteiger partial charge is 0.246 e. The highest BCUT2D eigenvalue weighted by molar-refractivity contribution is 8.77. The van der Waals surface area contributed by atoms with E-state index in [-0.39, 0.29) is 63.3 Å². The van der Waals surface area contributed by atoms with Gasteiger partial charge >= 0.3 is 0 Å². The Balaban J connectivity index is 1.52. The molecule has 3 aliphatic rings. The Morgan fingerprint density at radius 1 is 0.772 bits per heavy atom. The molecule has 0 aromatic heterocycles. The first-order valence-corrected chi connectivity index (χ1v) is 29.1. The van der Waals surface area contributed by atoms with Crippen molar-refractivity contribution in [2.75, 3.05) is 32.0 Å². The molecule has 3 unspecified atom stereocenters. The third kappa shape index (κ3) is 20.0. The van der Waals surface area contributed by atoms with Gasteiger partial charge in [-0.3, -0.25) is 52.9 Å². The first-order chi connectivity index (χ1) is 37.7. The topological polar surface area (TPSA) is 384 Å². The molecule has 1 aliphatic carbocycles. The van der Waals surface area contributed by atoms with Crippen molar-refractivity contribution in [1.29, 1.82) is 0 Å². The van der Waals surface area contributed by atoms with Crippen molar-refractivity contribution < 1.29 is 52.7 Å². The number of carbonyl (C=O) groups is 10. The lowest BCUT2D eigenvalue weighted by Gasteiger charge is -2.37. The maximum atomic E-state index is 15.0. The highest BCUT2D eigenvalue weighted by Crippen LogP contribution is 2.48. The molecule has 7 atom stereocenters. The van der Waals surface area contributed by atoms with Crippen LogP contribution in [0.3, 0.4) is 0 Å². The van der Waals surface area contributed by atoms with Crippen molar-refractivity contribution in [1.82, 2.24) is 42.1 Å². The number of nitrogens with zero attached hydrogens (tertiary/aromatic N) is 2. The van der Waals surface area contributed by atoms with E-state index in [0.717, 1.165) is 19.3 Å². The molecule has 0 bridgehead atoms. The molecule has 24 nitrogen and oxygen atoms in total. The van der Waals surface area contributed by atoms with Crippen LogP contribution >= 0.6 is 21.6 Å². The molecule has 2 aromatic rings. The molecule has 10 amide bonds. The van der Waals surface area contributed by atoms with Crippen LogP contribution in [-0.4, -0.2) is 149 Å². The molecular weight excluding hydrogens is 1060 g/mol. The van der Waals surface area contributed by atoms with Gasteiger partial charge in [-0.05, 0) is 74.6 Å². The van der Waals surface area contributed by atoms with Gasteiger partial charge in [0.25, 0.3) is 0 Å². The van der Waals surface area contributed by atoms with Gasteiger partial charge in [0.2, 0.25) is 59.1 Å². The van der Waals surface area contributed by atoms with Gasteiger partial charge in [-0.2, -0.15) is 0 Å². The largest absolute Gasteiger partial charge is 0.494 e. The summed E-state index contributed by atoms with van der Waals surface area (Å²) in [5.74, 6) is -7.88. The first-order valence-electron chi connectivity index (χ1n) is 26.7. The van der Waals surface area contributed by atoms with E-state index in [1.165, 1.54) is 26.5 Å². The van der Waals surface area contributed by atoms with Crippen LogP contribution in [0.1, 0.15) is 103 Å². The number of nitrogens with two attached hydrogens (primary N) is 4. The Bertz CT molecular complexity index is 2490. The summed E-state index contributed by atoms with van der Waals surface area (Å²) in [4.78, 5) is 144. The molecule has 432 valence electrons. The summed E-state index contributed by atoms with van der Waals surface area (Å²) in [5, 5.41) is 19.0. The quantitative estimate of drug-likeness (QED) is 0.0364. The second-order valence-corrected chi connectivity index (χ2v) is 23.2.